The number of nitrogens with one attached hydrogen (secondary N) is 1. The number of pyridine rings is 1. The predicted molar refractivity (Wildman–Crippen MR) is 179 cm³/mol. The van der Waals surface area contributed by atoms with Gasteiger partial charge < -0.3 is 20.9 Å². The van der Waals surface area contributed by atoms with Gasteiger partial charge in [-0.15, -0.1) is 0 Å². The fourth-order valence-corrected chi connectivity index (χ4v) is 6.51. The normalized spacial score (nSPS) is 23.8. The van der Waals surface area contributed by atoms with Crippen LogP contribution in [0.3, 0.4) is 0 Å². The number of nitrogens with zero attached hydrogens (tertiary/aromatic N) is 5. The van der Waals surface area contributed by atoms with Crippen LogP contribution >= 0.6 is 0 Å². The van der Waals surface area contributed by atoms with Crippen molar-refractivity contribution in [2.24, 2.45) is 16.1 Å². The standard InChI is InChI=1S/C35H52FN7/c1-8-26(4)43-27(5)34(39-28(43)6)31(36)22-25(3)30-12-17-38-33(23-30)40-32(37)11-10-29(9-2)24-42-20-15-35(16-21-42)13-18-41(7)19-14-35/h9-12,17,22-23,26,31,34H,2,5,8,13-16,18-21,24,37H2,1,3-4,6-7H3,(H,38,40)/b25-22+,29-10+,32-11+. The van der Waals surface area contributed by atoms with E-state index in [1.54, 1.807) is 12.3 Å². The number of hydrogen-bond donors (Lipinski definition) is 2. The van der Waals surface area contributed by atoms with Gasteiger partial charge in [0, 0.05) is 24.5 Å². The Morgan fingerprint density at radius 3 is 2.53 bits per heavy atom. The summed E-state index contributed by atoms with van der Waals surface area (Å²) in [5, 5.41) is 3.18. The molecule has 8 heteroatoms. The average molecular weight is 590 g/mol. The Morgan fingerprint density at radius 2 is 1.88 bits per heavy atom. The molecule has 0 amide bonds. The number of allylic oxidation sites excluding steroid dienone is 3. The largest absolute Gasteiger partial charge is 0.385 e. The van der Waals surface area contributed by atoms with Crippen LogP contribution < -0.4 is 11.1 Å². The number of halogens is 1. The first kappa shape index (κ1) is 32.7. The summed E-state index contributed by atoms with van der Waals surface area (Å²) in [5.74, 6) is 1.90. The molecule has 0 saturated carbocycles. The molecule has 0 aliphatic carbocycles. The van der Waals surface area contributed by atoms with E-state index < -0.39 is 12.2 Å². The van der Waals surface area contributed by atoms with Gasteiger partial charge in [0.25, 0.3) is 0 Å². The average Bonchev–Trinajstić information content (AvgIpc) is 3.31. The lowest BCUT2D eigenvalue weighted by Gasteiger charge is -2.46. The van der Waals surface area contributed by atoms with E-state index in [0.717, 1.165) is 48.6 Å². The van der Waals surface area contributed by atoms with Crippen LogP contribution in [0.2, 0.25) is 0 Å². The molecular formula is C35H52FN7. The van der Waals surface area contributed by atoms with Crippen LogP contribution in [-0.2, 0) is 0 Å². The first-order valence-corrected chi connectivity index (χ1v) is 15.8. The number of anilines is 1. The molecule has 234 valence electrons. The number of nitrogens with two attached hydrogens (primary N) is 1. The van der Waals surface area contributed by atoms with Gasteiger partial charge in [0.15, 0.2) is 0 Å². The third-order valence-electron chi connectivity index (χ3n) is 9.67. The highest BCUT2D eigenvalue weighted by Gasteiger charge is 2.37. The Balaban J connectivity index is 1.34. The number of likely N-dealkylation sites (tertiary alicyclic amines) is 2. The minimum Gasteiger partial charge on any atom is -0.385 e. The molecule has 3 N–H and O–H groups in total. The molecule has 1 spiro atoms. The second-order valence-corrected chi connectivity index (χ2v) is 12.7. The number of aliphatic imine (C=N–C) groups is 1. The van der Waals surface area contributed by atoms with Crippen molar-refractivity contribution in [1.82, 2.24) is 19.7 Å². The van der Waals surface area contributed by atoms with E-state index in [0.29, 0.717) is 22.8 Å². The van der Waals surface area contributed by atoms with Crippen molar-refractivity contribution in [3.8, 4) is 0 Å². The van der Waals surface area contributed by atoms with E-state index in [1.807, 2.05) is 49.1 Å². The molecule has 43 heavy (non-hydrogen) atoms. The molecule has 3 aliphatic rings. The Hall–Kier alpha value is -3.23. The van der Waals surface area contributed by atoms with Gasteiger partial charge in [0.05, 0.1) is 0 Å². The van der Waals surface area contributed by atoms with Gasteiger partial charge in [-0.3, -0.25) is 9.89 Å². The molecule has 7 nitrogen and oxygen atoms in total. The third kappa shape index (κ3) is 8.24. The van der Waals surface area contributed by atoms with Crippen molar-refractivity contribution in [3.05, 3.63) is 78.4 Å². The molecule has 3 aliphatic heterocycles. The highest BCUT2D eigenvalue weighted by Crippen LogP contribution is 2.41. The second kappa shape index (κ2) is 14.5. The highest BCUT2D eigenvalue weighted by atomic mass is 19.1. The van der Waals surface area contributed by atoms with Crippen LogP contribution in [0.15, 0.2) is 77.9 Å². The molecule has 1 aromatic heterocycles. The number of rotatable bonds is 11. The van der Waals surface area contributed by atoms with E-state index in [4.69, 9.17) is 5.73 Å². The SMILES string of the molecule is C=C/C(=C\C=C(/N)Nc1cc(/C(C)=C/C(F)C2N=C(C)N(C(C)CC)C2=C)ccn1)CN1CCC2(CCN(C)CC2)CC1. The maximum atomic E-state index is 15.5. The van der Waals surface area contributed by atoms with Gasteiger partial charge in [-0.05, 0) is 133 Å². The molecule has 2 fully saturated rings. The van der Waals surface area contributed by atoms with Crippen LogP contribution in [0.1, 0.15) is 65.4 Å². The third-order valence-corrected chi connectivity index (χ3v) is 9.67. The molecule has 0 radical (unpaired) electrons. The van der Waals surface area contributed by atoms with Crippen LogP contribution in [0.25, 0.3) is 5.57 Å². The number of piperidine rings is 2. The van der Waals surface area contributed by atoms with E-state index >= 15 is 4.39 Å². The van der Waals surface area contributed by atoms with Crippen molar-refractivity contribution in [1.29, 1.82) is 0 Å². The van der Waals surface area contributed by atoms with Crippen molar-refractivity contribution >= 4 is 17.2 Å². The Bertz CT molecular complexity index is 1260. The Kier molecular flexibility index (Phi) is 11.0. The van der Waals surface area contributed by atoms with Crippen LogP contribution in [0.4, 0.5) is 10.2 Å². The van der Waals surface area contributed by atoms with E-state index in [1.165, 1.54) is 38.8 Å². The quantitative estimate of drug-likeness (QED) is 0.292. The van der Waals surface area contributed by atoms with Crippen molar-refractivity contribution < 1.29 is 4.39 Å². The van der Waals surface area contributed by atoms with Gasteiger partial charge in [0.1, 0.15) is 29.7 Å². The van der Waals surface area contributed by atoms with Gasteiger partial charge >= 0.3 is 0 Å². The fourth-order valence-electron chi connectivity index (χ4n) is 6.51. The molecule has 3 atom stereocenters. The Morgan fingerprint density at radius 1 is 1.21 bits per heavy atom. The molecule has 4 heterocycles. The highest BCUT2D eigenvalue weighted by molar-refractivity contribution is 5.85. The van der Waals surface area contributed by atoms with Crippen LogP contribution in [0, 0.1) is 5.41 Å². The Labute approximate surface area is 258 Å². The zero-order chi connectivity index (χ0) is 31.1. The zero-order valence-corrected chi connectivity index (χ0v) is 27.0. The summed E-state index contributed by atoms with van der Waals surface area (Å²) in [6, 6.07) is 3.39. The molecular weight excluding hydrogens is 537 g/mol. The van der Waals surface area contributed by atoms with E-state index in [9.17, 15) is 0 Å². The van der Waals surface area contributed by atoms with Crippen molar-refractivity contribution in [3.63, 3.8) is 0 Å². The lowest BCUT2D eigenvalue weighted by molar-refractivity contribution is 0.0464. The zero-order valence-electron chi connectivity index (χ0n) is 27.0. The first-order chi connectivity index (χ1) is 20.5. The summed E-state index contributed by atoms with van der Waals surface area (Å²) in [4.78, 5) is 16.0. The summed E-state index contributed by atoms with van der Waals surface area (Å²) in [6.45, 7) is 21.8. The molecule has 0 aromatic carbocycles. The molecule has 1 aromatic rings. The van der Waals surface area contributed by atoms with Gasteiger partial charge in [-0.1, -0.05) is 32.2 Å². The first-order valence-electron chi connectivity index (χ1n) is 15.8. The maximum Gasteiger partial charge on any atom is 0.147 e. The lowest BCUT2D eigenvalue weighted by Crippen LogP contribution is -2.46. The second-order valence-electron chi connectivity index (χ2n) is 12.7. The molecule has 2 saturated heterocycles. The summed E-state index contributed by atoms with van der Waals surface area (Å²) >= 11 is 0. The number of amidine groups is 1. The van der Waals surface area contributed by atoms with E-state index in [2.05, 4.69) is 59.1 Å². The number of alkyl halides is 1. The van der Waals surface area contributed by atoms with Gasteiger partial charge in [-0.2, -0.15) is 0 Å². The fraction of sp³-hybridized carbons (Fsp3) is 0.543. The summed E-state index contributed by atoms with van der Waals surface area (Å²) in [5.41, 5.74) is 10.4. The summed E-state index contributed by atoms with van der Waals surface area (Å²) < 4.78 is 15.5. The van der Waals surface area contributed by atoms with Crippen molar-refractivity contribution in [2.75, 3.05) is 45.1 Å². The van der Waals surface area contributed by atoms with Gasteiger partial charge in [0.2, 0.25) is 0 Å². The van der Waals surface area contributed by atoms with Crippen LogP contribution in [0.5, 0.6) is 0 Å². The number of hydrogen-bond acceptors (Lipinski definition) is 7. The lowest BCUT2D eigenvalue weighted by atomic mass is 9.71. The minimum absolute atomic E-state index is 0.240. The molecule has 0 bridgehead atoms. The van der Waals surface area contributed by atoms with E-state index in [-0.39, 0.29) is 6.04 Å². The summed E-state index contributed by atoms with van der Waals surface area (Å²) in [6.07, 6.45) is 14.0. The van der Waals surface area contributed by atoms with Crippen molar-refractivity contribution in [2.45, 2.75) is 78.1 Å². The predicted octanol–water partition coefficient (Wildman–Crippen LogP) is 6.37. The minimum atomic E-state index is -1.27. The monoisotopic (exact) mass is 589 g/mol. The van der Waals surface area contributed by atoms with Gasteiger partial charge in [-0.25, -0.2) is 9.37 Å². The summed E-state index contributed by atoms with van der Waals surface area (Å²) in [7, 11) is 2.23. The molecule has 4 rings (SSSR count). The topological polar surface area (TPSA) is 73.0 Å². The van der Waals surface area contributed by atoms with Crippen LogP contribution in [-0.4, -0.2) is 83.5 Å². The molecule has 3 unspecified atom stereocenters. The smallest absolute Gasteiger partial charge is 0.147 e. The number of aromatic nitrogens is 1. The maximum absolute atomic E-state index is 15.5.